The van der Waals surface area contributed by atoms with Crippen molar-refractivity contribution < 1.29 is 18.8 Å². The molecule has 0 aromatic carbocycles. The zero-order valence-corrected chi connectivity index (χ0v) is 16.4. The molecule has 1 saturated carbocycles. The van der Waals surface area contributed by atoms with Gasteiger partial charge in [-0.3, -0.25) is 9.59 Å². The number of fused-ring (bicyclic) bond motifs is 1. The zero-order valence-electron chi connectivity index (χ0n) is 16.4. The summed E-state index contributed by atoms with van der Waals surface area (Å²) in [7, 11) is 0. The molecule has 2 fully saturated rings. The van der Waals surface area contributed by atoms with Crippen LogP contribution in [0.4, 0.5) is 0 Å². The Morgan fingerprint density at radius 2 is 2.21 bits per heavy atom. The molecule has 10 heteroatoms. The Labute approximate surface area is 167 Å². The molecule has 2 aromatic heterocycles. The maximum absolute atomic E-state index is 12.8. The third-order valence-electron chi connectivity index (χ3n) is 5.92. The van der Waals surface area contributed by atoms with Gasteiger partial charge in [-0.2, -0.15) is 0 Å². The van der Waals surface area contributed by atoms with Crippen LogP contribution >= 0.6 is 0 Å². The lowest BCUT2D eigenvalue weighted by molar-refractivity contribution is -0.123. The molecule has 0 bridgehead atoms. The molecule has 2 aromatic rings. The van der Waals surface area contributed by atoms with Crippen molar-refractivity contribution >= 4 is 11.8 Å². The molecule has 1 saturated heterocycles. The van der Waals surface area contributed by atoms with Gasteiger partial charge in [0.15, 0.2) is 5.69 Å². The molecule has 10 nitrogen and oxygen atoms in total. The first-order valence-electron chi connectivity index (χ1n) is 10.1. The van der Waals surface area contributed by atoms with E-state index >= 15 is 0 Å². The monoisotopic (exact) mass is 400 g/mol. The second-order valence-electron chi connectivity index (χ2n) is 8.26. The Morgan fingerprint density at radius 3 is 2.97 bits per heavy atom. The van der Waals surface area contributed by atoms with Crippen LogP contribution in [0.25, 0.3) is 0 Å². The fourth-order valence-electron chi connectivity index (χ4n) is 4.14. The lowest BCUT2D eigenvalue weighted by Crippen LogP contribution is -2.55. The summed E-state index contributed by atoms with van der Waals surface area (Å²) in [5, 5.41) is 15.3. The van der Waals surface area contributed by atoms with Crippen molar-refractivity contribution in [2.45, 2.75) is 57.9 Å². The molecule has 0 radical (unpaired) electrons. The quantitative estimate of drug-likeness (QED) is 0.807. The first-order valence-corrected chi connectivity index (χ1v) is 10.1. The predicted octanol–water partition coefficient (Wildman–Crippen LogP) is 0.806. The molecule has 29 heavy (non-hydrogen) atoms. The summed E-state index contributed by atoms with van der Waals surface area (Å²) in [6, 6.07) is 1.66. The normalized spacial score (nSPS) is 23.8. The van der Waals surface area contributed by atoms with E-state index in [1.54, 1.807) is 17.9 Å². The highest BCUT2D eigenvalue weighted by Crippen LogP contribution is 2.33. The predicted molar refractivity (Wildman–Crippen MR) is 98.5 cm³/mol. The van der Waals surface area contributed by atoms with E-state index in [4.69, 9.17) is 9.26 Å². The molecule has 1 atom stereocenters. The van der Waals surface area contributed by atoms with Gasteiger partial charge in [0.25, 0.3) is 5.91 Å². The van der Waals surface area contributed by atoms with Gasteiger partial charge >= 0.3 is 0 Å². The summed E-state index contributed by atoms with van der Waals surface area (Å²) in [6.07, 6.45) is 3.64. The second-order valence-corrected chi connectivity index (χ2v) is 8.26. The fraction of sp³-hybridized carbons (Fsp3) is 0.632. The Kier molecular flexibility index (Phi) is 4.38. The number of hydrogen-bond donors (Lipinski definition) is 1. The van der Waals surface area contributed by atoms with Crippen LogP contribution in [0.2, 0.25) is 0 Å². The minimum Gasteiger partial charge on any atom is -0.365 e. The number of piperidine rings is 1. The largest absolute Gasteiger partial charge is 0.365 e. The van der Waals surface area contributed by atoms with Crippen LogP contribution < -0.4 is 5.32 Å². The topological polar surface area (TPSA) is 115 Å². The van der Waals surface area contributed by atoms with Crippen molar-refractivity contribution in [3.63, 3.8) is 0 Å². The molecule has 1 N–H and O–H groups in total. The van der Waals surface area contributed by atoms with Crippen LogP contribution in [0.3, 0.4) is 0 Å². The van der Waals surface area contributed by atoms with Gasteiger partial charge < -0.3 is 19.5 Å². The lowest BCUT2D eigenvalue weighted by atomic mass is 9.91. The van der Waals surface area contributed by atoms with E-state index in [0.29, 0.717) is 44.2 Å². The Bertz CT molecular complexity index is 948. The van der Waals surface area contributed by atoms with E-state index in [0.717, 1.165) is 37.1 Å². The SMILES string of the molecule is Cc1cc(C(=O)N2CCCC3(C2)Cn2nnc(CNC(=O)C4CC4)c2CO3)no1. The molecule has 3 aliphatic rings. The van der Waals surface area contributed by atoms with Crippen LogP contribution in [0, 0.1) is 12.8 Å². The van der Waals surface area contributed by atoms with Crippen molar-refractivity contribution in [3.05, 3.63) is 28.9 Å². The van der Waals surface area contributed by atoms with Crippen molar-refractivity contribution in [1.82, 2.24) is 30.4 Å². The molecule has 5 rings (SSSR count). The van der Waals surface area contributed by atoms with Crippen molar-refractivity contribution in [1.29, 1.82) is 0 Å². The number of aromatic nitrogens is 4. The Hall–Kier alpha value is -2.75. The third kappa shape index (κ3) is 3.52. The lowest BCUT2D eigenvalue weighted by Gasteiger charge is -2.44. The summed E-state index contributed by atoms with van der Waals surface area (Å²) >= 11 is 0. The maximum Gasteiger partial charge on any atom is 0.276 e. The standard InChI is InChI=1S/C19H24N6O4/c1-12-7-14(22-29-12)18(27)24-6-2-5-19(10-24)11-25-16(9-28-19)15(21-23-25)8-20-17(26)13-3-4-13/h7,13H,2-6,8-11H2,1H3,(H,20,26). The Balaban J connectivity index is 1.27. The number of hydrogen-bond acceptors (Lipinski definition) is 7. The summed E-state index contributed by atoms with van der Waals surface area (Å²) in [5.41, 5.74) is 1.48. The average molecular weight is 400 g/mol. The van der Waals surface area contributed by atoms with Gasteiger partial charge in [0, 0.05) is 18.5 Å². The molecule has 1 aliphatic carbocycles. The van der Waals surface area contributed by atoms with E-state index in [-0.39, 0.29) is 17.7 Å². The van der Waals surface area contributed by atoms with E-state index in [9.17, 15) is 9.59 Å². The zero-order chi connectivity index (χ0) is 20.0. The summed E-state index contributed by atoms with van der Waals surface area (Å²) in [6.45, 7) is 4.18. The molecular formula is C19H24N6O4. The number of nitrogens with one attached hydrogen (secondary N) is 1. The van der Waals surface area contributed by atoms with Crippen molar-refractivity contribution in [3.8, 4) is 0 Å². The van der Waals surface area contributed by atoms with E-state index in [1.807, 2.05) is 4.68 Å². The number of aryl methyl sites for hydroxylation is 1. The van der Waals surface area contributed by atoms with Gasteiger partial charge in [-0.05, 0) is 32.6 Å². The molecule has 154 valence electrons. The Morgan fingerprint density at radius 1 is 1.34 bits per heavy atom. The number of nitrogens with zero attached hydrogens (tertiary/aromatic N) is 5. The highest BCUT2D eigenvalue weighted by atomic mass is 16.5. The molecule has 1 unspecified atom stereocenters. The number of amides is 2. The number of ether oxygens (including phenoxy) is 1. The maximum atomic E-state index is 12.8. The van der Waals surface area contributed by atoms with Crippen LogP contribution in [0.5, 0.6) is 0 Å². The molecular weight excluding hydrogens is 376 g/mol. The van der Waals surface area contributed by atoms with Crippen LogP contribution in [-0.2, 0) is 29.2 Å². The minimum absolute atomic E-state index is 0.0875. The van der Waals surface area contributed by atoms with Gasteiger partial charge in [0.05, 0.1) is 31.9 Å². The van der Waals surface area contributed by atoms with Crippen molar-refractivity contribution in [2.24, 2.45) is 5.92 Å². The van der Waals surface area contributed by atoms with E-state index < -0.39 is 5.60 Å². The van der Waals surface area contributed by atoms with Crippen molar-refractivity contribution in [2.75, 3.05) is 13.1 Å². The number of rotatable bonds is 4. The summed E-state index contributed by atoms with van der Waals surface area (Å²) < 4.78 is 13.2. The molecule has 4 heterocycles. The van der Waals surface area contributed by atoms with Gasteiger partial charge in [-0.1, -0.05) is 10.4 Å². The highest BCUT2D eigenvalue weighted by Gasteiger charge is 2.43. The van der Waals surface area contributed by atoms with Gasteiger partial charge in [-0.15, -0.1) is 5.10 Å². The van der Waals surface area contributed by atoms with E-state index in [2.05, 4.69) is 20.8 Å². The summed E-state index contributed by atoms with van der Waals surface area (Å²) in [5.74, 6) is 0.726. The molecule has 2 amide bonds. The number of carbonyl (C=O) groups excluding carboxylic acids is 2. The number of likely N-dealkylation sites (tertiary alicyclic amines) is 1. The van der Waals surface area contributed by atoms with Gasteiger partial charge in [0.1, 0.15) is 17.1 Å². The smallest absolute Gasteiger partial charge is 0.276 e. The second kappa shape index (κ2) is 6.94. The minimum atomic E-state index is -0.484. The molecule has 2 aliphatic heterocycles. The average Bonchev–Trinajstić information content (AvgIpc) is 3.37. The highest BCUT2D eigenvalue weighted by molar-refractivity contribution is 5.92. The summed E-state index contributed by atoms with van der Waals surface area (Å²) in [4.78, 5) is 26.4. The van der Waals surface area contributed by atoms with Gasteiger partial charge in [-0.25, -0.2) is 4.68 Å². The van der Waals surface area contributed by atoms with Crippen LogP contribution in [0.1, 0.15) is 53.3 Å². The van der Waals surface area contributed by atoms with E-state index in [1.165, 1.54) is 0 Å². The third-order valence-corrected chi connectivity index (χ3v) is 5.92. The first-order chi connectivity index (χ1) is 14.0. The van der Waals surface area contributed by atoms with Crippen LogP contribution in [-0.4, -0.2) is 55.6 Å². The van der Waals surface area contributed by atoms with Crippen LogP contribution in [0.15, 0.2) is 10.6 Å². The fourth-order valence-corrected chi connectivity index (χ4v) is 4.14. The number of carbonyl (C=O) groups is 2. The van der Waals surface area contributed by atoms with Gasteiger partial charge in [0.2, 0.25) is 5.91 Å². The first kappa shape index (κ1) is 18.3. The molecule has 1 spiro atoms.